The van der Waals surface area contributed by atoms with E-state index in [0.29, 0.717) is 23.4 Å². The molecule has 0 bridgehead atoms. The number of amides is 1. The molecule has 1 aliphatic carbocycles. The van der Waals surface area contributed by atoms with Crippen molar-refractivity contribution < 1.29 is 4.79 Å². The zero-order chi connectivity index (χ0) is 20.4. The van der Waals surface area contributed by atoms with Crippen molar-refractivity contribution in [3.63, 3.8) is 0 Å². The summed E-state index contributed by atoms with van der Waals surface area (Å²) >= 11 is 0. The van der Waals surface area contributed by atoms with E-state index in [0.717, 1.165) is 36.9 Å². The SMILES string of the molecule is CCC(CC)C(=O)Nc1cc(C2CC2)nn1-c1nc(-c2ccccc2)cc(=O)[nH]1. The van der Waals surface area contributed by atoms with Crippen molar-refractivity contribution in [1.29, 1.82) is 0 Å². The van der Waals surface area contributed by atoms with Crippen molar-refractivity contribution in [2.45, 2.75) is 45.4 Å². The molecule has 2 aromatic heterocycles. The molecule has 1 fully saturated rings. The summed E-state index contributed by atoms with van der Waals surface area (Å²) in [5, 5.41) is 7.64. The maximum Gasteiger partial charge on any atom is 0.252 e. The van der Waals surface area contributed by atoms with E-state index in [2.05, 4.69) is 20.4 Å². The number of nitrogens with one attached hydrogen (secondary N) is 2. The second-order valence-electron chi connectivity index (χ2n) is 7.46. The molecule has 0 radical (unpaired) electrons. The topological polar surface area (TPSA) is 92.7 Å². The Morgan fingerprint density at radius 3 is 2.59 bits per heavy atom. The fourth-order valence-corrected chi connectivity index (χ4v) is 3.42. The fourth-order valence-electron chi connectivity index (χ4n) is 3.42. The van der Waals surface area contributed by atoms with Crippen LogP contribution in [0.1, 0.15) is 51.1 Å². The van der Waals surface area contributed by atoms with Crippen LogP contribution in [0.3, 0.4) is 0 Å². The number of carbonyl (C=O) groups excluding carboxylic acids is 1. The highest BCUT2D eigenvalue weighted by Crippen LogP contribution is 2.40. The highest BCUT2D eigenvalue weighted by molar-refractivity contribution is 5.92. The van der Waals surface area contributed by atoms with Crippen LogP contribution in [0.4, 0.5) is 5.82 Å². The summed E-state index contributed by atoms with van der Waals surface area (Å²) in [5.74, 6) is 1.13. The predicted octanol–water partition coefficient (Wildman–Crippen LogP) is 3.87. The molecule has 29 heavy (non-hydrogen) atoms. The zero-order valence-electron chi connectivity index (χ0n) is 16.7. The summed E-state index contributed by atoms with van der Waals surface area (Å²) in [5.41, 5.74) is 2.05. The summed E-state index contributed by atoms with van der Waals surface area (Å²) in [6, 6.07) is 12.9. The Hall–Kier alpha value is -3.22. The van der Waals surface area contributed by atoms with Crippen molar-refractivity contribution >= 4 is 11.7 Å². The van der Waals surface area contributed by atoms with Gasteiger partial charge < -0.3 is 5.32 Å². The van der Waals surface area contributed by atoms with Crippen LogP contribution in [-0.2, 0) is 4.79 Å². The van der Waals surface area contributed by atoms with Crippen molar-refractivity contribution in [3.8, 4) is 17.2 Å². The standard InChI is InChI=1S/C22H25N5O2/c1-3-14(4-2)21(29)24-19-12-18(16-10-11-16)26-27(19)22-23-17(13-20(28)25-22)15-8-6-5-7-9-15/h5-9,12-14,16H,3-4,10-11H2,1-2H3,(H,24,29)(H,23,25,28). The molecule has 4 rings (SSSR count). The van der Waals surface area contributed by atoms with Crippen LogP contribution in [0.25, 0.3) is 17.2 Å². The van der Waals surface area contributed by atoms with Crippen LogP contribution < -0.4 is 10.9 Å². The number of hydrogen-bond acceptors (Lipinski definition) is 4. The first-order valence-corrected chi connectivity index (χ1v) is 10.2. The molecule has 0 aliphatic heterocycles. The molecule has 7 nitrogen and oxygen atoms in total. The Balaban J connectivity index is 1.75. The first-order chi connectivity index (χ1) is 14.1. The van der Waals surface area contributed by atoms with E-state index in [9.17, 15) is 9.59 Å². The Kier molecular flexibility index (Phi) is 5.29. The van der Waals surface area contributed by atoms with Gasteiger partial charge in [0.1, 0.15) is 5.82 Å². The maximum atomic E-state index is 12.7. The average Bonchev–Trinajstić information content (AvgIpc) is 3.50. The van der Waals surface area contributed by atoms with Gasteiger partial charge in [-0.3, -0.25) is 14.6 Å². The number of aromatic nitrogens is 4. The van der Waals surface area contributed by atoms with Gasteiger partial charge in [-0.05, 0) is 25.7 Å². The van der Waals surface area contributed by atoms with Gasteiger partial charge in [0.15, 0.2) is 0 Å². The second-order valence-corrected chi connectivity index (χ2v) is 7.46. The Labute approximate surface area is 169 Å². The quantitative estimate of drug-likeness (QED) is 0.639. The second kappa shape index (κ2) is 8.03. The summed E-state index contributed by atoms with van der Waals surface area (Å²) < 4.78 is 1.54. The fraction of sp³-hybridized carbons (Fsp3) is 0.364. The number of rotatable bonds is 7. The maximum absolute atomic E-state index is 12.7. The van der Waals surface area contributed by atoms with Gasteiger partial charge in [-0.1, -0.05) is 44.2 Å². The lowest BCUT2D eigenvalue weighted by Crippen LogP contribution is -2.24. The molecule has 1 amide bonds. The van der Waals surface area contributed by atoms with Crippen LogP contribution in [0.2, 0.25) is 0 Å². The number of anilines is 1. The van der Waals surface area contributed by atoms with Gasteiger partial charge in [0, 0.05) is 29.5 Å². The van der Waals surface area contributed by atoms with Gasteiger partial charge in [0.05, 0.1) is 11.4 Å². The molecular formula is C22H25N5O2. The predicted molar refractivity (Wildman–Crippen MR) is 112 cm³/mol. The van der Waals surface area contributed by atoms with E-state index in [1.165, 1.54) is 6.07 Å². The first-order valence-electron chi connectivity index (χ1n) is 10.2. The molecule has 1 aromatic carbocycles. The molecule has 0 atom stereocenters. The van der Waals surface area contributed by atoms with Gasteiger partial charge in [-0.2, -0.15) is 9.78 Å². The van der Waals surface area contributed by atoms with Crippen LogP contribution >= 0.6 is 0 Å². The van der Waals surface area contributed by atoms with Crippen molar-refractivity contribution in [2.24, 2.45) is 5.92 Å². The molecule has 3 aromatic rings. The smallest absolute Gasteiger partial charge is 0.252 e. The average molecular weight is 391 g/mol. The Morgan fingerprint density at radius 1 is 1.21 bits per heavy atom. The molecule has 0 unspecified atom stereocenters. The molecule has 0 spiro atoms. The van der Waals surface area contributed by atoms with E-state index in [1.54, 1.807) is 4.68 Å². The molecule has 0 saturated heterocycles. The summed E-state index contributed by atoms with van der Waals surface area (Å²) in [6.07, 6.45) is 3.71. The van der Waals surface area contributed by atoms with Crippen LogP contribution in [0, 0.1) is 5.92 Å². The summed E-state index contributed by atoms with van der Waals surface area (Å²) in [4.78, 5) is 32.4. The Bertz CT molecular complexity index is 1060. The van der Waals surface area contributed by atoms with Crippen molar-refractivity contribution in [2.75, 3.05) is 5.32 Å². The number of hydrogen-bond donors (Lipinski definition) is 2. The van der Waals surface area contributed by atoms with Crippen molar-refractivity contribution in [1.82, 2.24) is 19.7 Å². The third-order valence-electron chi connectivity index (χ3n) is 5.33. The number of aromatic amines is 1. The van der Waals surface area contributed by atoms with E-state index < -0.39 is 0 Å². The third kappa shape index (κ3) is 4.13. The number of carbonyl (C=O) groups is 1. The third-order valence-corrected chi connectivity index (χ3v) is 5.33. The van der Waals surface area contributed by atoms with Crippen LogP contribution in [0.15, 0.2) is 47.3 Å². The van der Waals surface area contributed by atoms with Gasteiger partial charge in [0.25, 0.3) is 5.56 Å². The minimum atomic E-state index is -0.269. The molecular weight excluding hydrogens is 366 g/mol. The normalized spacial score (nSPS) is 13.6. The lowest BCUT2D eigenvalue weighted by molar-refractivity contribution is -0.120. The Morgan fingerprint density at radius 2 is 1.93 bits per heavy atom. The highest BCUT2D eigenvalue weighted by Gasteiger charge is 2.29. The number of benzene rings is 1. The minimum absolute atomic E-state index is 0.0416. The largest absolute Gasteiger partial charge is 0.310 e. The molecule has 7 heteroatoms. The molecule has 150 valence electrons. The molecule has 2 N–H and O–H groups in total. The summed E-state index contributed by atoms with van der Waals surface area (Å²) in [7, 11) is 0. The van der Waals surface area contributed by atoms with E-state index in [-0.39, 0.29) is 17.4 Å². The minimum Gasteiger partial charge on any atom is -0.310 e. The number of nitrogens with zero attached hydrogens (tertiary/aromatic N) is 3. The van der Waals surface area contributed by atoms with Crippen molar-refractivity contribution in [3.05, 3.63) is 58.5 Å². The molecule has 1 saturated carbocycles. The highest BCUT2D eigenvalue weighted by atomic mass is 16.2. The molecule has 2 heterocycles. The summed E-state index contributed by atoms with van der Waals surface area (Å²) in [6.45, 7) is 4.01. The first kappa shape index (κ1) is 19.1. The lowest BCUT2D eigenvalue weighted by Gasteiger charge is -2.13. The zero-order valence-corrected chi connectivity index (χ0v) is 16.7. The van der Waals surface area contributed by atoms with E-state index in [1.807, 2.05) is 50.2 Å². The lowest BCUT2D eigenvalue weighted by atomic mass is 10.0. The monoisotopic (exact) mass is 391 g/mol. The van der Waals surface area contributed by atoms with E-state index >= 15 is 0 Å². The van der Waals surface area contributed by atoms with Gasteiger partial charge in [0.2, 0.25) is 11.9 Å². The molecule has 1 aliphatic rings. The van der Waals surface area contributed by atoms with Gasteiger partial charge in [-0.25, -0.2) is 4.98 Å². The van der Waals surface area contributed by atoms with Crippen LogP contribution in [0.5, 0.6) is 0 Å². The van der Waals surface area contributed by atoms with E-state index in [4.69, 9.17) is 0 Å². The number of H-pyrrole nitrogens is 1. The van der Waals surface area contributed by atoms with Gasteiger partial charge >= 0.3 is 0 Å². The van der Waals surface area contributed by atoms with Crippen LogP contribution in [-0.4, -0.2) is 25.7 Å². The van der Waals surface area contributed by atoms with Gasteiger partial charge in [-0.15, -0.1) is 0 Å².